The van der Waals surface area contributed by atoms with Crippen LogP contribution in [0, 0.1) is 0 Å². The summed E-state index contributed by atoms with van der Waals surface area (Å²) in [5.41, 5.74) is 5.48. The first kappa shape index (κ1) is 38.1. The third kappa shape index (κ3) is 13.1. The van der Waals surface area contributed by atoms with Gasteiger partial charge in [0.1, 0.15) is 28.7 Å². The lowest BCUT2D eigenvalue weighted by Crippen LogP contribution is -2.19. The molecule has 0 saturated carbocycles. The van der Waals surface area contributed by atoms with Crippen LogP contribution in [0.1, 0.15) is 55.4 Å². The number of para-hydroxylation sites is 4. The van der Waals surface area contributed by atoms with Gasteiger partial charge < -0.3 is 0 Å². The topological polar surface area (TPSA) is 115 Å². The van der Waals surface area contributed by atoms with E-state index < -0.39 is 0 Å². The van der Waals surface area contributed by atoms with Gasteiger partial charge in [-0.05, 0) is 58.8 Å². The standard InChI is InChI=1S/C8H6N2.C7H6N2.C6H4N2O.C6H4N2S.4C2H6/c1-2-4-8-7(3-1)9-5-6-10-8;1-2-4-7-6(3-1)8-5-9-7;2*1-2-4-6-5(3-1)7-9-8-6;4*1-2/h1-6H;1-4H,5H2;2*1-4H;4*1-2H3. The Morgan fingerprint density at radius 1 is 0.444 bits per heavy atom. The van der Waals surface area contributed by atoms with Crippen molar-refractivity contribution in [2.45, 2.75) is 55.4 Å². The van der Waals surface area contributed by atoms with Crippen molar-refractivity contribution in [2.75, 3.05) is 6.67 Å². The van der Waals surface area contributed by atoms with Crippen LogP contribution in [0.4, 0.5) is 0 Å². The van der Waals surface area contributed by atoms with Gasteiger partial charge in [0.15, 0.2) is 0 Å². The second-order valence-corrected chi connectivity index (χ2v) is 8.03. The van der Waals surface area contributed by atoms with Gasteiger partial charge in [-0.25, -0.2) is 4.63 Å². The number of rotatable bonds is 0. The van der Waals surface area contributed by atoms with Crippen molar-refractivity contribution in [3.63, 3.8) is 0 Å². The Kier molecular flexibility index (Phi) is 20.7. The van der Waals surface area contributed by atoms with Crippen LogP contribution in [0.5, 0.6) is 0 Å². The fourth-order valence-corrected chi connectivity index (χ4v) is 3.81. The van der Waals surface area contributed by atoms with Crippen LogP contribution in [0.2, 0.25) is 0 Å². The molecule has 0 fully saturated rings. The predicted octanol–water partition coefficient (Wildman–Crippen LogP) is 8.55. The molecule has 0 atom stereocenters. The Balaban J connectivity index is 0.000000279. The highest BCUT2D eigenvalue weighted by atomic mass is 32.1. The molecular formula is C35H44N8OS. The Hall–Kier alpha value is -4.96. The minimum atomic E-state index is 0.610. The molecule has 0 radical (unpaired) electrons. The fraction of sp³-hybridized carbons (Fsp3) is 0.257. The summed E-state index contributed by atoms with van der Waals surface area (Å²) in [6.07, 6.45) is 3.39. The van der Waals surface area contributed by atoms with Gasteiger partial charge in [-0.1, -0.05) is 104 Å². The summed E-state index contributed by atoms with van der Waals surface area (Å²) in [4.78, 5) is 16.5. The third-order valence-electron chi connectivity index (χ3n) is 5.06. The maximum Gasteiger partial charge on any atom is 0.135 e. The summed E-state index contributed by atoms with van der Waals surface area (Å²) in [5.74, 6) is 0. The molecule has 0 bridgehead atoms. The molecule has 4 heterocycles. The molecule has 10 heteroatoms. The molecule has 45 heavy (non-hydrogen) atoms. The van der Waals surface area contributed by atoms with Gasteiger partial charge in [-0.2, -0.15) is 8.75 Å². The molecule has 8 rings (SSSR count). The minimum Gasteiger partial charge on any atom is -0.260 e. The van der Waals surface area contributed by atoms with Crippen LogP contribution in [0.3, 0.4) is 0 Å². The number of fused-ring (bicyclic) bond motifs is 4. The summed E-state index contributed by atoms with van der Waals surface area (Å²) in [6, 6.07) is 31.0. The average molecular weight is 625 g/mol. The Bertz CT molecular complexity index is 1630. The van der Waals surface area contributed by atoms with Gasteiger partial charge in [-0.3, -0.25) is 20.0 Å². The van der Waals surface area contributed by atoms with Crippen molar-refractivity contribution < 1.29 is 4.63 Å². The van der Waals surface area contributed by atoms with E-state index >= 15 is 0 Å². The van der Waals surface area contributed by atoms with Gasteiger partial charge in [0, 0.05) is 12.4 Å². The summed E-state index contributed by atoms with van der Waals surface area (Å²) in [7, 11) is 0. The first-order valence-corrected chi connectivity index (χ1v) is 16.0. The molecule has 4 aromatic carbocycles. The zero-order chi connectivity index (χ0) is 33.1. The van der Waals surface area contributed by atoms with Crippen molar-refractivity contribution in [2.24, 2.45) is 9.98 Å². The lowest BCUT2D eigenvalue weighted by atomic mass is 10.3. The van der Waals surface area contributed by atoms with Gasteiger partial charge in [0.25, 0.3) is 0 Å². The van der Waals surface area contributed by atoms with Gasteiger partial charge in [0.2, 0.25) is 0 Å². The smallest absolute Gasteiger partial charge is 0.135 e. The second kappa shape index (κ2) is 24.5. The molecule has 0 amide bonds. The summed E-state index contributed by atoms with van der Waals surface area (Å²) < 4.78 is 12.6. The van der Waals surface area contributed by atoms with E-state index in [0.717, 1.165) is 43.8 Å². The van der Waals surface area contributed by atoms with Crippen LogP contribution >= 0.6 is 11.7 Å². The molecule has 0 unspecified atom stereocenters. The number of nitrogens with zero attached hydrogens (tertiary/aromatic N) is 8. The fourth-order valence-electron chi connectivity index (χ4n) is 3.28. The lowest BCUT2D eigenvalue weighted by molar-refractivity contribution is 0.315. The van der Waals surface area contributed by atoms with E-state index in [9.17, 15) is 0 Å². The normalized spacial score (nSPS) is 9.60. The molecule has 0 saturated heterocycles. The van der Waals surface area contributed by atoms with Gasteiger partial charge in [0.05, 0.1) is 33.5 Å². The van der Waals surface area contributed by atoms with Crippen LogP contribution in [0.15, 0.2) is 124 Å². The molecule has 7 aromatic rings. The number of hydrogen-bond donors (Lipinski definition) is 0. The zero-order valence-electron chi connectivity index (χ0n) is 27.5. The lowest BCUT2D eigenvalue weighted by Gasteiger charge is -1.90. The highest BCUT2D eigenvalue weighted by molar-refractivity contribution is 7.00. The van der Waals surface area contributed by atoms with Crippen LogP contribution in [0.25, 0.3) is 33.1 Å². The number of hydrogen-bond acceptors (Lipinski definition) is 10. The predicted molar refractivity (Wildman–Crippen MR) is 188 cm³/mol. The van der Waals surface area contributed by atoms with Crippen LogP contribution in [-0.4, -0.2) is 35.7 Å². The average Bonchev–Trinajstić information content (AvgIpc) is 3.94. The van der Waals surface area contributed by atoms with E-state index in [2.05, 4.69) is 43.6 Å². The number of benzene rings is 4. The second-order valence-electron chi connectivity index (χ2n) is 7.50. The Labute approximate surface area is 270 Å². The monoisotopic (exact) mass is 624 g/mol. The molecular weight excluding hydrogens is 581 g/mol. The largest absolute Gasteiger partial charge is 0.260 e. The van der Waals surface area contributed by atoms with E-state index in [-0.39, 0.29) is 0 Å². The summed E-state index contributed by atoms with van der Waals surface area (Å²) in [6.45, 7) is 16.6. The Morgan fingerprint density at radius 2 is 0.778 bits per heavy atom. The molecule has 3 aromatic heterocycles. The molecule has 0 N–H and O–H groups in total. The van der Waals surface area contributed by atoms with Crippen LogP contribution < -0.4 is 10.7 Å². The van der Waals surface area contributed by atoms with E-state index in [1.807, 2.05) is 152 Å². The third-order valence-corrected chi connectivity index (χ3v) is 5.62. The maximum atomic E-state index is 4.46. The van der Waals surface area contributed by atoms with Crippen molar-refractivity contribution >= 4 is 44.8 Å². The highest BCUT2D eigenvalue weighted by Crippen LogP contribution is 2.08. The minimum absolute atomic E-state index is 0.610. The van der Waals surface area contributed by atoms with Gasteiger partial charge >= 0.3 is 0 Å². The molecule has 0 aliphatic carbocycles. The Morgan fingerprint density at radius 3 is 1.18 bits per heavy atom. The van der Waals surface area contributed by atoms with Crippen molar-refractivity contribution in [3.05, 3.63) is 120 Å². The quantitative estimate of drug-likeness (QED) is 0.166. The van der Waals surface area contributed by atoms with E-state index in [1.54, 1.807) is 12.4 Å². The maximum absolute atomic E-state index is 4.46. The number of aromatic nitrogens is 6. The first-order chi connectivity index (χ1) is 22.4. The summed E-state index contributed by atoms with van der Waals surface area (Å²) >= 11 is 1.25. The van der Waals surface area contributed by atoms with Gasteiger partial charge in [-0.15, -0.1) is 0 Å². The van der Waals surface area contributed by atoms with Crippen molar-refractivity contribution in [1.29, 1.82) is 0 Å². The van der Waals surface area contributed by atoms with Crippen LogP contribution in [-0.2, 0) is 0 Å². The van der Waals surface area contributed by atoms with E-state index in [4.69, 9.17) is 0 Å². The first-order valence-electron chi connectivity index (χ1n) is 15.3. The highest BCUT2D eigenvalue weighted by Gasteiger charge is 1.94. The molecule has 236 valence electrons. The molecule has 1 aliphatic heterocycles. The zero-order valence-corrected chi connectivity index (χ0v) is 28.3. The molecule has 0 spiro atoms. The molecule has 1 aliphatic rings. The SMILES string of the molecule is CC.CC.CC.CC.c1ccc2c(c1)=NCN=2.c1ccc2nccnc2c1.c1ccc2nonc2c1.c1ccc2nsnc2c1. The summed E-state index contributed by atoms with van der Waals surface area (Å²) in [5, 5.41) is 9.32. The van der Waals surface area contributed by atoms with E-state index in [1.165, 1.54) is 11.7 Å². The molecule has 9 nitrogen and oxygen atoms in total. The van der Waals surface area contributed by atoms with Crippen molar-refractivity contribution in [3.8, 4) is 0 Å². The van der Waals surface area contributed by atoms with Crippen molar-refractivity contribution in [1.82, 2.24) is 29.0 Å². The van der Waals surface area contributed by atoms with E-state index in [0.29, 0.717) is 6.67 Å².